The molecule has 0 radical (unpaired) electrons. The van der Waals surface area contributed by atoms with Gasteiger partial charge in [0.25, 0.3) is 5.69 Å². The molecule has 0 aliphatic rings. The van der Waals surface area contributed by atoms with Crippen LogP contribution in [0.4, 0.5) is 22.7 Å². The van der Waals surface area contributed by atoms with Gasteiger partial charge < -0.3 is 11.1 Å². The number of nitrogens with one attached hydrogen (secondary N) is 1. The van der Waals surface area contributed by atoms with Crippen LogP contribution in [0.25, 0.3) is 10.2 Å². The summed E-state index contributed by atoms with van der Waals surface area (Å²) in [6, 6.07) is 10.3. The predicted octanol–water partition coefficient (Wildman–Crippen LogP) is 3.84. The van der Waals surface area contributed by atoms with Crippen molar-refractivity contribution in [2.45, 2.75) is 6.92 Å². The molecule has 3 rings (SSSR count). The van der Waals surface area contributed by atoms with Crippen molar-refractivity contribution in [3.05, 3.63) is 51.5 Å². The highest BCUT2D eigenvalue weighted by Crippen LogP contribution is 2.34. The zero-order chi connectivity index (χ0) is 15.0. The number of fused-ring (bicyclic) bond motifs is 1. The van der Waals surface area contributed by atoms with Crippen molar-refractivity contribution < 1.29 is 4.92 Å². The van der Waals surface area contributed by atoms with Crippen molar-refractivity contribution >= 4 is 44.3 Å². The van der Waals surface area contributed by atoms with Crippen molar-refractivity contribution in [2.75, 3.05) is 11.1 Å². The number of hydrogen-bond donors (Lipinski definition) is 2. The molecule has 0 saturated carbocycles. The van der Waals surface area contributed by atoms with Crippen molar-refractivity contribution in [2.24, 2.45) is 0 Å². The molecule has 0 atom stereocenters. The van der Waals surface area contributed by atoms with Gasteiger partial charge in [-0.3, -0.25) is 10.1 Å². The van der Waals surface area contributed by atoms with E-state index in [0.717, 1.165) is 15.2 Å². The Balaban J connectivity index is 2.11. The number of hydrogen-bond acceptors (Lipinski definition) is 6. The first-order chi connectivity index (χ1) is 10.0. The van der Waals surface area contributed by atoms with Crippen LogP contribution in [0.5, 0.6) is 0 Å². The molecule has 106 valence electrons. The molecule has 1 aromatic heterocycles. The van der Waals surface area contributed by atoms with Gasteiger partial charge in [-0.05, 0) is 31.2 Å². The summed E-state index contributed by atoms with van der Waals surface area (Å²) in [5.41, 5.74) is 8.18. The van der Waals surface area contributed by atoms with Gasteiger partial charge in [0.2, 0.25) is 0 Å². The number of nitro benzene ring substituents is 1. The molecule has 0 saturated heterocycles. The van der Waals surface area contributed by atoms with Gasteiger partial charge in [-0.2, -0.15) is 0 Å². The molecule has 0 aliphatic carbocycles. The third kappa shape index (κ3) is 2.63. The molecule has 0 amide bonds. The Labute approximate surface area is 124 Å². The predicted molar refractivity (Wildman–Crippen MR) is 85.1 cm³/mol. The third-order valence-electron chi connectivity index (χ3n) is 2.98. The molecule has 1 heterocycles. The van der Waals surface area contributed by atoms with Crippen molar-refractivity contribution in [1.29, 1.82) is 0 Å². The van der Waals surface area contributed by atoms with Crippen molar-refractivity contribution in [3.63, 3.8) is 0 Å². The Kier molecular flexibility index (Phi) is 3.19. The normalized spacial score (nSPS) is 10.7. The zero-order valence-electron chi connectivity index (χ0n) is 11.2. The van der Waals surface area contributed by atoms with Crippen LogP contribution >= 0.6 is 11.3 Å². The second-order valence-corrected chi connectivity index (χ2v) is 5.81. The van der Waals surface area contributed by atoms with Gasteiger partial charge in [0, 0.05) is 17.4 Å². The fourth-order valence-corrected chi connectivity index (χ4v) is 2.94. The molecule has 0 spiro atoms. The molecule has 21 heavy (non-hydrogen) atoms. The molecule has 6 nitrogen and oxygen atoms in total. The van der Waals surface area contributed by atoms with E-state index >= 15 is 0 Å². The molecular formula is C14H12N4O2S. The minimum absolute atomic E-state index is 0.0218. The molecule has 0 aliphatic heterocycles. The summed E-state index contributed by atoms with van der Waals surface area (Å²) in [5.74, 6) is 0. The monoisotopic (exact) mass is 300 g/mol. The number of aromatic nitrogens is 1. The summed E-state index contributed by atoms with van der Waals surface area (Å²) >= 11 is 1.44. The number of aryl methyl sites for hydroxylation is 1. The molecule has 0 bridgehead atoms. The van der Waals surface area contributed by atoms with E-state index in [1.54, 1.807) is 36.4 Å². The number of thiazole rings is 1. The Morgan fingerprint density at radius 2 is 2.14 bits per heavy atom. The summed E-state index contributed by atoms with van der Waals surface area (Å²) in [7, 11) is 0. The van der Waals surface area contributed by atoms with Gasteiger partial charge in [-0.15, -0.1) is 11.3 Å². The lowest BCUT2D eigenvalue weighted by molar-refractivity contribution is -0.383. The second-order valence-electron chi connectivity index (χ2n) is 4.58. The average Bonchev–Trinajstić information content (AvgIpc) is 2.76. The standard InChI is InChI=1S/C14H12N4O2S/c1-8-16-12-6-11(13(18(19)20)7-14(12)21-8)17-10-4-2-3-9(15)5-10/h2-7,17H,15H2,1H3. The number of anilines is 3. The van der Waals surface area contributed by atoms with E-state index in [9.17, 15) is 10.1 Å². The first-order valence-corrected chi connectivity index (χ1v) is 7.03. The highest BCUT2D eigenvalue weighted by molar-refractivity contribution is 7.18. The second kappa shape index (κ2) is 5.02. The van der Waals surface area contributed by atoms with Crippen LogP contribution in [0, 0.1) is 17.0 Å². The highest BCUT2D eigenvalue weighted by atomic mass is 32.1. The van der Waals surface area contributed by atoms with Gasteiger partial charge in [0.05, 0.1) is 20.1 Å². The van der Waals surface area contributed by atoms with E-state index in [-0.39, 0.29) is 5.69 Å². The summed E-state index contributed by atoms with van der Waals surface area (Å²) in [6.07, 6.45) is 0. The maximum absolute atomic E-state index is 11.3. The molecule has 0 unspecified atom stereocenters. The average molecular weight is 300 g/mol. The number of nitrogens with two attached hydrogens (primary N) is 1. The van der Waals surface area contributed by atoms with E-state index in [0.29, 0.717) is 17.1 Å². The molecule has 2 aromatic carbocycles. The minimum Gasteiger partial charge on any atom is -0.399 e. The van der Waals surface area contributed by atoms with E-state index in [2.05, 4.69) is 10.3 Å². The number of rotatable bonds is 3. The van der Waals surface area contributed by atoms with E-state index < -0.39 is 4.92 Å². The topological polar surface area (TPSA) is 94.1 Å². The van der Waals surface area contributed by atoms with Gasteiger partial charge >= 0.3 is 0 Å². The van der Waals surface area contributed by atoms with Crippen molar-refractivity contribution in [1.82, 2.24) is 4.98 Å². The van der Waals surface area contributed by atoms with Crippen molar-refractivity contribution in [3.8, 4) is 0 Å². The SMILES string of the molecule is Cc1nc2cc(Nc3cccc(N)c3)c([N+](=O)[O-])cc2s1. The molecule has 7 heteroatoms. The number of nitro groups is 1. The van der Waals surface area contributed by atoms with E-state index in [4.69, 9.17) is 5.73 Å². The lowest BCUT2D eigenvalue weighted by atomic mass is 10.2. The van der Waals surface area contributed by atoms with Crippen LogP contribution in [0.1, 0.15) is 5.01 Å². The van der Waals surface area contributed by atoms with Crippen LogP contribution < -0.4 is 11.1 Å². The Morgan fingerprint density at radius 1 is 1.33 bits per heavy atom. The largest absolute Gasteiger partial charge is 0.399 e. The fraction of sp³-hybridized carbons (Fsp3) is 0.0714. The fourth-order valence-electron chi connectivity index (χ4n) is 2.10. The highest BCUT2D eigenvalue weighted by Gasteiger charge is 2.17. The van der Waals surface area contributed by atoms with Crippen LogP contribution in [-0.2, 0) is 0 Å². The summed E-state index contributed by atoms with van der Waals surface area (Å²) in [6.45, 7) is 1.88. The van der Waals surface area contributed by atoms with Gasteiger partial charge in [0.15, 0.2) is 0 Å². The third-order valence-corrected chi connectivity index (χ3v) is 3.91. The maximum Gasteiger partial charge on any atom is 0.294 e. The summed E-state index contributed by atoms with van der Waals surface area (Å²) in [4.78, 5) is 15.2. The number of nitrogen functional groups attached to an aromatic ring is 1. The summed E-state index contributed by atoms with van der Waals surface area (Å²) < 4.78 is 0.803. The Bertz CT molecular complexity index is 844. The van der Waals surface area contributed by atoms with Gasteiger partial charge in [-0.25, -0.2) is 4.98 Å². The van der Waals surface area contributed by atoms with Crippen LogP contribution in [-0.4, -0.2) is 9.91 Å². The lowest BCUT2D eigenvalue weighted by Crippen LogP contribution is -1.97. The Hall–Kier alpha value is -2.67. The minimum atomic E-state index is -0.400. The quantitative estimate of drug-likeness (QED) is 0.435. The summed E-state index contributed by atoms with van der Waals surface area (Å²) in [5, 5.41) is 15.2. The van der Waals surface area contributed by atoms with Gasteiger partial charge in [-0.1, -0.05) is 6.07 Å². The molecular weight excluding hydrogens is 288 g/mol. The van der Waals surface area contributed by atoms with E-state index in [1.807, 2.05) is 6.92 Å². The first kappa shape index (κ1) is 13.3. The first-order valence-electron chi connectivity index (χ1n) is 6.21. The molecule has 3 N–H and O–H groups in total. The van der Waals surface area contributed by atoms with Crippen LogP contribution in [0.2, 0.25) is 0 Å². The van der Waals surface area contributed by atoms with Crippen LogP contribution in [0.3, 0.4) is 0 Å². The number of nitrogens with zero attached hydrogens (tertiary/aromatic N) is 2. The van der Waals surface area contributed by atoms with Gasteiger partial charge in [0.1, 0.15) is 5.69 Å². The zero-order valence-corrected chi connectivity index (χ0v) is 12.0. The smallest absolute Gasteiger partial charge is 0.294 e. The Morgan fingerprint density at radius 3 is 2.86 bits per heavy atom. The van der Waals surface area contributed by atoms with E-state index in [1.165, 1.54) is 11.3 Å². The number of benzene rings is 2. The molecule has 0 fully saturated rings. The maximum atomic E-state index is 11.3. The van der Waals surface area contributed by atoms with Crippen LogP contribution in [0.15, 0.2) is 36.4 Å². The lowest BCUT2D eigenvalue weighted by Gasteiger charge is -2.07. The molecule has 3 aromatic rings.